The van der Waals surface area contributed by atoms with Crippen LogP contribution in [0.15, 0.2) is 29.4 Å². The Morgan fingerprint density at radius 3 is 2.74 bits per heavy atom. The third-order valence-electron chi connectivity index (χ3n) is 3.42. The van der Waals surface area contributed by atoms with Gasteiger partial charge in [0, 0.05) is 29.4 Å². The average molecular weight is 338 g/mol. The van der Waals surface area contributed by atoms with Crippen LogP contribution >= 0.6 is 11.6 Å². The van der Waals surface area contributed by atoms with Crippen LogP contribution < -0.4 is 10.7 Å². The highest BCUT2D eigenvalue weighted by Crippen LogP contribution is 2.10. The second-order valence-corrected chi connectivity index (χ2v) is 5.85. The van der Waals surface area contributed by atoms with Crippen molar-refractivity contribution in [3.63, 3.8) is 0 Å². The van der Waals surface area contributed by atoms with Crippen molar-refractivity contribution in [1.29, 1.82) is 0 Å². The maximum atomic E-state index is 11.9. The number of carbonyl (C=O) groups is 2. The Bertz CT molecular complexity index is 581. The van der Waals surface area contributed by atoms with E-state index in [2.05, 4.69) is 15.8 Å². The molecule has 0 saturated carbocycles. The molecular weight excluding hydrogens is 318 g/mol. The highest BCUT2D eigenvalue weighted by atomic mass is 35.5. The minimum atomic E-state index is -0.346. The van der Waals surface area contributed by atoms with Crippen LogP contribution in [0.5, 0.6) is 0 Å². The Kier molecular flexibility index (Phi) is 6.55. The lowest BCUT2D eigenvalue weighted by Crippen LogP contribution is -2.33. The molecule has 0 bridgehead atoms. The molecule has 0 aliphatic carbocycles. The molecule has 2 rings (SSSR count). The van der Waals surface area contributed by atoms with E-state index < -0.39 is 0 Å². The van der Waals surface area contributed by atoms with Gasteiger partial charge in [-0.2, -0.15) is 5.10 Å². The largest absolute Gasteiger partial charge is 0.376 e. The van der Waals surface area contributed by atoms with Crippen LogP contribution in [-0.4, -0.2) is 36.8 Å². The van der Waals surface area contributed by atoms with Crippen molar-refractivity contribution in [2.24, 2.45) is 5.10 Å². The maximum Gasteiger partial charge on any atom is 0.271 e. The van der Waals surface area contributed by atoms with Crippen LogP contribution in [0.25, 0.3) is 0 Å². The number of halogens is 1. The highest BCUT2D eigenvalue weighted by Gasteiger charge is 2.16. The summed E-state index contributed by atoms with van der Waals surface area (Å²) in [5.74, 6) is -0.483. The molecule has 0 aromatic heterocycles. The average Bonchev–Trinajstić information content (AvgIpc) is 3.05. The summed E-state index contributed by atoms with van der Waals surface area (Å²) in [6.45, 7) is 2.97. The molecule has 0 unspecified atom stereocenters. The van der Waals surface area contributed by atoms with Crippen molar-refractivity contribution in [2.45, 2.75) is 32.3 Å². The van der Waals surface area contributed by atoms with Crippen molar-refractivity contribution in [3.05, 3.63) is 34.9 Å². The molecule has 1 aromatic carbocycles. The number of hydrogen-bond acceptors (Lipinski definition) is 4. The minimum absolute atomic E-state index is 0.112. The van der Waals surface area contributed by atoms with Gasteiger partial charge in [0.1, 0.15) is 0 Å². The molecule has 1 heterocycles. The second kappa shape index (κ2) is 8.64. The number of benzene rings is 1. The lowest BCUT2D eigenvalue weighted by Gasteiger charge is -2.10. The van der Waals surface area contributed by atoms with E-state index in [4.69, 9.17) is 16.3 Å². The zero-order chi connectivity index (χ0) is 16.7. The van der Waals surface area contributed by atoms with Crippen molar-refractivity contribution < 1.29 is 14.3 Å². The van der Waals surface area contributed by atoms with Gasteiger partial charge in [-0.3, -0.25) is 9.59 Å². The summed E-state index contributed by atoms with van der Waals surface area (Å²) in [7, 11) is 0. The van der Waals surface area contributed by atoms with Gasteiger partial charge in [-0.1, -0.05) is 11.6 Å². The number of amides is 2. The lowest BCUT2D eigenvalue weighted by molar-refractivity contribution is -0.120. The fraction of sp³-hybridized carbons (Fsp3) is 0.438. The summed E-state index contributed by atoms with van der Waals surface area (Å²) >= 11 is 5.77. The summed E-state index contributed by atoms with van der Waals surface area (Å²) in [5.41, 5.74) is 3.40. The van der Waals surface area contributed by atoms with E-state index in [-0.39, 0.29) is 24.3 Å². The minimum Gasteiger partial charge on any atom is -0.376 e. The van der Waals surface area contributed by atoms with E-state index in [1.165, 1.54) is 0 Å². The molecule has 1 atom stereocenters. The smallest absolute Gasteiger partial charge is 0.271 e. The van der Waals surface area contributed by atoms with Crippen molar-refractivity contribution in [2.75, 3.05) is 13.2 Å². The number of nitrogens with one attached hydrogen (secondary N) is 2. The predicted octanol–water partition coefficient (Wildman–Crippen LogP) is 2.13. The molecule has 1 aliphatic rings. The first-order valence-electron chi connectivity index (χ1n) is 7.52. The molecule has 7 heteroatoms. The van der Waals surface area contributed by atoms with Crippen LogP contribution in [0.3, 0.4) is 0 Å². The van der Waals surface area contributed by atoms with E-state index in [1.807, 2.05) is 0 Å². The SMILES string of the molecule is C/C(CC(=O)NC[C@@H]1CCCO1)=N/NC(=O)c1ccc(Cl)cc1. The molecule has 124 valence electrons. The Morgan fingerprint density at radius 1 is 1.35 bits per heavy atom. The summed E-state index contributed by atoms with van der Waals surface area (Å²) in [6, 6.07) is 6.48. The van der Waals surface area contributed by atoms with E-state index >= 15 is 0 Å². The third kappa shape index (κ3) is 6.00. The fourth-order valence-electron chi connectivity index (χ4n) is 2.18. The second-order valence-electron chi connectivity index (χ2n) is 5.41. The first-order chi connectivity index (χ1) is 11.0. The Labute approximate surface area is 140 Å². The first kappa shape index (κ1) is 17.4. The topological polar surface area (TPSA) is 79.8 Å². The normalized spacial score (nSPS) is 17.8. The van der Waals surface area contributed by atoms with Gasteiger partial charge in [0.25, 0.3) is 5.91 Å². The van der Waals surface area contributed by atoms with E-state index in [0.29, 0.717) is 22.8 Å². The Balaban J connectivity index is 1.74. The summed E-state index contributed by atoms with van der Waals surface area (Å²) in [6.07, 6.45) is 2.26. The first-order valence-corrected chi connectivity index (χ1v) is 7.90. The van der Waals surface area contributed by atoms with Crippen LogP contribution in [0.1, 0.15) is 36.5 Å². The van der Waals surface area contributed by atoms with Gasteiger partial charge < -0.3 is 10.1 Å². The molecule has 2 amide bonds. The fourth-order valence-corrected chi connectivity index (χ4v) is 2.31. The zero-order valence-electron chi connectivity index (χ0n) is 13.0. The monoisotopic (exact) mass is 337 g/mol. The molecule has 0 spiro atoms. The van der Waals surface area contributed by atoms with Crippen LogP contribution in [0.4, 0.5) is 0 Å². The van der Waals surface area contributed by atoms with Gasteiger partial charge in [0.15, 0.2) is 0 Å². The van der Waals surface area contributed by atoms with E-state index in [1.54, 1.807) is 31.2 Å². The number of carbonyl (C=O) groups excluding carboxylic acids is 2. The highest BCUT2D eigenvalue weighted by molar-refractivity contribution is 6.30. The molecule has 23 heavy (non-hydrogen) atoms. The molecule has 6 nitrogen and oxygen atoms in total. The van der Waals surface area contributed by atoms with Gasteiger partial charge in [0.2, 0.25) is 5.91 Å². The van der Waals surface area contributed by atoms with Crippen molar-refractivity contribution in [3.8, 4) is 0 Å². The molecule has 2 N–H and O–H groups in total. The Hall–Kier alpha value is -1.92. The molecule has 1 fully saturated rings. The summed E-state index contributed by atoms with van der Waals surface area (Å²) < 4.78 is 5.43. The standard InChI is InChI=1S/C16H20ClN3O3/c1-11(9-15(21)18-10-14-3-2-8-23-14)19-20-16(22)12-4-6-13(17)7-5-12/h4-7,14H,2-3,8-10H2,1H3,(H,18,21)(H,20,22)/b19-11-/t14-/m0/s1. The van der Waals surface area contributed by atoms with Crippen LogP contribution in [-0.2, 0) is 9.53 Å². The number of hydrazone groups is 1. The molecular formula is C16H20ClN3O3. The molecule has 1 saturated heterocycles. The van der Waals surface area contributed by atoms with Gasteiger partial charge in [0.05, 0.1) is 12.5 Å². The number of nitrogens with zero attached hydrogens (tertiary/aromatic N) is 1. The molecule has 1 aromatic rings. The van der Waals surface area contributed by atoms with Crippen LogP contribution in [0.2, 0.25) is 5.02 Å². The molecule has 1 aliphatic heterocycles. The van der Waals surface area contributed by atoms with Crippen molar-refractivity contribution in [1.82, 2.24) is 10.7 Å². The maximum absolute atomic E-state index is 11.9. The quantitative estimate of drug-likeness (QED) is 0.616. The third-order valence-corrected chi connectivity index (χ3v) is 3.67. The predicted molar refractivity (Wildman–Crippen MR) is 88.6 cm³/mol. The van der Waals surface area contributed by atoms with Gasteiger partial charge in [-0.05, 0) is 44.0 Å². The number of ether oxygens (including phenoxy) is 1. The zero-order valence-corrected chi connectivity index (χ0v) is 13.7. The van der Waals surface area contributed by atoms with Gasteiger partial charge >= 0.3 is 0 Å². The van der Waals surface area contributed by atoms with E-state index in [0.717, 1.165) is 19.4 Å². The van der Waals surface area contributed by atoms with Gasteiger partial charge in [-0.25, -0.2) is 5.43 Å². The van der Waals surface area contributed by atoms with Crippen LogP contribution in [0, 0.1) is 0 Å². The van der Waals surface area contributed by atoms with Gasteiger partial charge in [-0.15, -0.1) is 0 Å². The summed E-state index contributed by atoms with van der Waals surface area (Å²) in [5, 5.41) is 7.30. The van der Waals surface area contributed by atoms with Crippen molar-refractivity contribution >= 4 is 29.1 Å². The number of hydrogen-bond donors (Lipinski definition) is 2. The Morgan fingerprint density at radius 2 is 2.09 bits per heavy atom. The summed E-state index contributed by atoms with van der Waals surface area (Å²) in [4.78, 5) is 23.7. The van der Waals surface area contributed by atoms with E-state index in [9.17, 15) is 9.59 Å². The lowest BCUT2D eigenvalue weighted by atomic mass is 10.2. The number of rotatable bonds is 6. The molecule has 0 radical (unpaired) electrons.